The lowest BCUT2D eigenvalue weighted by Gasteiger charge is -2.49. The lowest BCUT2D eigenvalue weighted by molar-refractivity contribution is -0.145. The number of nitrogens with one attached hydrogen (secondary N) is 1. The van der Waals surface area contributed by atoms with E-state index in [-0.39, 0.29) is 5.41 Å². The minimum absolute atomic E-state index is 0.0970. The number of H-pyrrole nitrogens is 1. The molecule has 3 aromatic rings. The summed E-state index contributed by atoms with van der Waals surface area (Å²) in [5.74, 6) is -0.287. The summed E-state index contributed by atoms with van der Waals surface area (Å²) in [5.41, 5.74) is 2.49. The Morgan fingerprint density at radius 1 is 1.00 bits per heavy atom. The first-order chi connectivity index (χ1) is 15.8. The van der Waals surface area contributed by atoms with E-state index in [2.05, 4.69) is 35.0 Å². The van der Waals surface area contributed by atoms with Crippen molar-refractivity contribution in [3.8, 4) is 0 Å². The predicted octanol–water partition coefficient (Wildman–Crippen LogP) is 2.98. The molecule has 6 rings (SSSR count). The standard InChI is InChI=1S/C17H17F3N8.C4H8O/c1-10-12(5-22-15(24-10)17(18,19)20)28-8-16(9-28)2-3-27(7-16)13-6-21-11-4-23-26-14(11)25-13;1-2-4-5-3-1/h4-6H,2-3,7-9H2,1H3,(H,23,25,26);1-4H2. The zero-order chi connectivity index (χ0) is 23.1. The van der Waals surface area contributed by atoms with Gasteiger partial charge >= 0.3 is 6.18 Å². The third kappa shape index (κ3) is 4.43. The molecule has 3 fully saturated rings. The van der Waals surface area contributed by atoms with Gasteiger partial charge in [0, 0.05) is 44.8 Å². The van der Waals surface area contributed by atoms with Crippen LogP contribution in [0.4, 0.5) is 24.7 Å². The van der Waals surface area contributed by atoms with E-state index in [4.69, 9.17) is 4.74 Å². The molecular weight excluding hydrogens is 437 g/mol. The lowest BCUT2D eigenvalue weighted by Crippen LogP contribution is -2.58. The van der Waals surface area contributed by atoms with Crippen LogP contribution >= 0.6 is 0 Å². The quantitative estimate of drug-likeness (QED) is 0.621. The van der Waals surface area contributed by atoms with Crippen LogP contribution in [0.1, 0.15) is 30.8 Å². The third-order valence-electron chi connectivity index (χ3n) is 6.34. The molecule has 1 N–H and O–H groups in total. The van der Waals surface area contributed by atoms with Crippen molar-refractivity contribution in [2.75, 3.05) is 49.2 Å². The van der Waals surface area contributed by atoms with Gasteiger partial charge in [-0.2, -0.15) is 18.3 Å². The molecule has 3 aliphatic rings. The minimum Gasteiger partial charge on any atom is -0.381 e. The van der Waals surface area contributed by atoms with Crippen molar-refractivity contribution >= 4 is 22.7 Å². The molecule has 0 aliphatic carbocycles. The van der Waals surface area contributed by atoms with Crippen molar-refractivity contribution in [2.24, 2.45) is 5.41 Å². The fourth-order valence-electron chi connectivity index (χ4n) is 4.61. The van der Waals surface area contributed by atoms with Crippen molar-refractivity contribution in [1.82, 2.24) is 30.1 Å². The van der Waals surface area contributed by atoms with E-state index >= 15 is 0 Å². The van der Waals surface area contributed by atoms with Gasteiger partial charge < -0.3 is 14.5 Å². The maximum absolute atomic E-state index is 12.8. The molecule has 6 heterocycles. The van der Waals surface area contributed by atoms with Crippen molar-refractivity contribution in [3.63, 3.8) is 0 Å². The van der Waals surface area contributed by atoms with Gasteiger partial charge in [0.1, 0.15) is 11.3 Å². The number of aromatic amines is 1. The highest BCUT2D eigenvalue weighted by atomic mass is 19.4. The molecule has 0 aromatic carbocycles. The normalized spacial score (nSPS) is 19.6. The SMILES string of the molecule is C1CCOC1.Cc1nc(C(F)(F)F)ncc1N1CC2(CCN(c3cnc4cn[nH]c4n3)C2)C1. The molecule has 176 valence electrons. The Kier molecular flexibility index (Phi) is 5.55. The number of fused-ring (bicyclic) bond motifs is 1. The number of ether oxygens (including phenoxy) is 1. The number of alkyl halides is 3. The molecule has 0 amide bonds. The highest BCUT2D eigenvalue weighted by Gasteiger charge is 2.48. The number of anilines is 2. The molecular formula is C21H25F3N8O. The number of halogens is 3. The molecule has 1 spiro atoms. The lowest BCUT2D eigenvalue weighted by atomic mass is 9.78. The largest absolute Gasteiger partial charge is 0.451 e. The van der Waals surface area contributed by atoms with Gasteiger partial charge in [-0.05, 0) is 26.2 Å². The topological polar surface area (TPSA) is 96.0 Å². The van der Waals surface area contributed by atoms with Crippen molar-refractivity contribution in [1.29, 1.82) is 0 Å². The van der Waals surface area contributed by atoms with Crippen LogP contribution in [0, 0.1) is 12.3 Å². The summed E-state index contributed by atoms with van der Waals surface area (Å²) < 4.78 is 43.2. The number of nitrogens with zero attached hydrogens (tertiary/aromatic N) is 7. The number of hydrogen-bond acceptors (Lipinski definition) is 8. The maximum Gasteiger partial charge on any atom is 0.451 e. The molecule has 3 saturated heterocycles. The Bertz CT molecular complexity index is 1120. The molecule has 33 heavy (non-hydrogen) atoms. The van der Waals surface area contributed by atoms with Gasteiger partial charge in [0.05, 0.1) is 30.0 Å². The third-order valence-corrected chi connectivity index (χ3v) is 6.34. The first-order valence-corrected chi connectivity index (χ1v) is 11.0. The summed E-state index contributed by atoms with van der Waals surface area (Å²) in [4.78, 5) is 20.3. The predicted molar refractivity (Wildman–Crippen MR) is 115 cm³/mol. The molecule has 0 saturated carbocycles. The van der Waals surface area contributed by atoms with E-state index in [1.807, 2.05) is 4.90 Å². The second kappa shape index (κ2) is 8.40. The van der Waals surface area contributed by atoms with Crippen LogP contribution in [-0.4, -0.2) is 69.5 Å². The summed E-state index contributed by atoms with van der Waals surface area (Å²) in [6.07, 6.45) is 3.69. The fourth-order valence-corrected chi connectivity index (χ4v) is 4.61. The average Bonchev–Trinajstić information content (AvgIpc) is 3.54. The molecule has 3 aromatic heterocycles. The van der Waals surface area contributed by atoms with Crippen LogP contribution < -0.4 is 9.80 Å². The second-order valence-electron chi connectivity index (χ2n) is 8.84. The molecule has 9 nitrogen and oxygen atoms in total. The van der Waals surface area contributed by atoms with E-state index in [1.165, 1.54) is 19.0 Å². The zero-order valence-corrected chi connectivity index (χ0v) is 18.3. The molecule has 0 bridgehead atoms. The zero-order valence-electron chi connectivity index (χ0n) is 18.3. The Labute approximate surface area is 188 Å². The van der Waals surface area contributed by atoms with Gasteiger partial charge in [-0.25, -0.2) is 19.9 Å². The average molecular weight is 462 g/mol. The van der Waals surface area contributed by atoms with Crippen LogP contribution in [0.15, 0.2) is 18.6 Å². The smallest absolute Gasteiger partial charge is 0.381 e. The Morgan fingerprint density at radius 3 is 2.42 bits per heavy atom. The maximum atomic E-state index is 12.8. The Hall–Kier alpha value is -3.02. The van der Waals surface area contributed by atoms with Crippen molar-refractivity contribution in [3.05, 3.63) is 30.1 Å². The van der Waals surface area contributed by atoms with Gasteiger partial charge in [-0.3, -0.25) is 5.10 Å². The number of rotatable bonds is 2. The summed E-state index contributed by atoms with van der Waals surface area (Å²) in [6.45, 7) is 6.81. The van der Waals surface area contributed by atoms with Crippen molar-refractivity contribution in [2.45, 2.75) is 32.4 Å². The molecule has 12 heteroatoms. The minimum atomic E-state index is -4.53. The highest BCUT2D eigenvalue weighted by Crippen LogP contribution is 2.43. The van der Waals surface area contributed by atoms with Crippen LogP contribution in [-0.2, 0) is 10.9 Å². The van der Waals surface area contributed by atoms with E-state index in [9.17, 15) is 13.2 Å². The monoisotopic (exact) mass is 462 g/mol. The summed E-state index contributed by atoms with van der Waals surface area (Å²) >= 11 is 0. The number of hydrogen-bond donors (Lipinski definition) is 1. The molecule has 0 unspecified atom stereocenters. The highest BCUT2D eigenvalue weighted by molar-refractivity contribution is 5.70. The number of aryl methyl sites for hydroxylation is 1. The first-order valence-electron chi connectivity index (χ1n) is 11.0. The van der Waals surface area contributed by atoms with Gasteiger partial charge in [0.25, 0.3) is 0 Å². The van der Waals surface area contributed by atoms with E-state index < -0.39 is 12.0 Å². The van der Waals surface area contributed by atoms with Gasteiger partial charge in [-0.1, -0.05) is 0 Å². The van der Waals surface area contributed by atoms with E-state index in [0.29, 0.717) is 17.0 Å². The molecule has 0 radical (unpaired) electrons. The van der Waals surface area contributed by atoms with Gasteiger partial charge in [0.15, 0.2) is 5.65 Å². The van der Waals surface area contributed by atoms with Crippen LogP contribution in [0.3, 0.4) is 0 Å². The second-order valence-corrected chi connectivity index (χ2v) is 8.84. The number of aromatic nitrogens is 6. The van der Waals surface area contributed by atoms with E-state index in [0.717, 1.165) is 57.1 Å². The molecule has 3 aliphatic heterocycles. The Morgan fingerprint density at radius 2 is 1.76 bits per heavy atom. The van der Waals surface area contributed by atoms with Gasteiger partial charge in [0.2, 0.25) is 5.82 Å². The van der Waals surface area contributed by atoms with Crippen LogP contribution in [0.25, 0.3) is 11.2 Å². The van der Waals surface area contributed by atoms with E-state index in [1.54, 1.807) is 19.3 Å². The molecule has 0 atom stereocenters. The fraction of sp³-hybridized carbons (Fsp3) is 0.571. The van der Waals surface area contributed by atoms with Crippen LogP contribution in [0.5, 0.6) is 0 Å². The first kappa shape index (κ1) is 21.8. The van der Waals surface area contributed by atoms with Crippen LogP contribution in [0.2, 0.25) is 0 Å². The Balaban J connectivity index is 0.000000406. The van der Waals surface area contributed by atoms with Crippen molar-refractivity contribution < 1.29 is 17.9 Å². The summed E-state index contributed by atoms with van der Waals surface area (Å²) in [5, 5.41) is 6.77. The van der Waals surface area contributed by atoms with Gasteiger partial charge in [-0.15, -0.1) is 0 Å². The summed E-state index contributed by atoms with van der Waals surface area (Å²) in [6, 6.07) is 0. The summed E-state index contributed by atoms with van der Waals surface area (Å²) in [7, 11) is 0.